The van der Waals surface area contributed by atoms with Gasteiger partial charge in [0.25, 0.3) is 0 Å². The largest absolute Gasteiger partial charge is 0.478 e. The van der Waals surface area contributed by atoms with Gasteiger partial charge in [0.15, 0.2) is 0 Å². The van der Waals surface area contributed by atoms with Gasteiger partial charge in [0.05, 0.1) is 10.6 Å². The minimum atomic E-state index is -0.970. The predicted molar refractivity (Wildman–Crippen MR) is 81.3 cm³/mol. The highest BCUT2D eigenvalue weighted by molar-refractivity contribution is 6.31. The molecule has 0 radical (unpaired) electrons. The van der Waals surface area contributed by atoms with Crippen molar-refractivity contribution in [3.63, 3.8) is 0 Å². The summed E-state index contributed by atoms with van der Waals surface area (Å²) < 4.78 is 14.0. The van der Waals surface area contributed by atoms with Crippen LogP contribution in [0.25, 0.3) is 21.9 Å². The molecule has 0 aliphatic carbocycles. The number of halogens is 2. The summed E-state index contributed by atoms with van der Waals surface area (Å²) in [4.78, 5) is 11.0. The van der Waals surface area contributed by atoms with Gasteiger partial charge in [-0.3, -0.25) is 0 Å². The molecule has 0 atom stereocenters. The average molecular weight is 301 g/mol. The summed E-state index contributed by atoms with van der Waals surface area (Å²) in [6.45, 7) is 0. The Hall–Kier alpha value is -2.39. The van der Waals surface area contributed by atoms with Crippen LogP contribution in [-0.2, 0) is 0 Å². The Morgan fingerprint density at radius 3 is 2.48 bits per heavy atom. The van der Waals surface area contributed by atoms with E-state index in [1.807, 2.05) is 6.07 Å². The van der Waals surface area contributed by atoms with Crippen molar-refractivity contribution in [3.8, 4) is 11.1 Å². The normalized spacial score (nSPS) is 10.8. The summed E-state index contributed by atoms with van der Waals surface area (Å²) in [5.41, 5.74) is 1.35. The number of carboxylic acid groups (broad SMARTS) is 1. The molecule has 0 unspecified atom stereocenters. The summed E-state index contributed by atoms with van der Waals surface area (Å²) in [5.74, 6) is -1.43. The summed E-state index contributed by atoms with van der Waals surface area (Å²) >= 11 is 5.80. The van der Waals surface area contributed by atoms with E-state index in [1.165, 1.54) is 12.1 Å². The maximum Gasteiger partial charge on any atom is 0.335 e. The fourth-order valence-corrected chi connectivity index (χ4v) is 2.45. The third-order valence-electron chi connectivity index (χ3n) is 3.35. The standard InChI is InChI=1S/C17H10ClFO2/c18-15-3-1-2-14(16(15)19)12-6-4-11-9-13(17(20)21)7-5-10(11)8-12/h1-9H,(H,20,21). The lowest BCUT2D eigenvalue weighted by Crippen LogP contribution is -1.95. The van der Waals surface area contributed by atoms with Crippen LogP contribution in [0.5, 0.6) is 0 Å². The van der Waals surface area contributed by atoms with Crippen molar-refractivity contribution >= 4 is 28.3 Å². The predicted octanol–water partition coefficient (Wildman–Crippen LogP) is 5.00. The second kappa shape index (κ2) is 5.19. The second-order valence-electron chi connectivity index (χ2n) is 4.68. The van der Waals surface area contributed by atoms with Crippen LogP contribution >= 0.6 is 11.6 Å². The maximum atomic E-state index is 14.0. The minimum Gasteiger partial charge on any atom is -0.478 e. The molecular formula is C17H10ClFO2. The number of carboxylic acids is 1. The van der Waals surface area contributed by atoms with Gasteiger partial charge in [-0.05, 0) is 40.6 Å². The molecule has 3 rings (SSSR count). The molecule has 1 N–H and O–H groups in total. The van der Waals surface area contributed by atoms with E-state index in [-0.39, 0.29) is 10.6 Å². The van der Waals surface area contributed by atoms with Crippen LogP contribution < -0.4 is 0 Å². The first-order valence-electron chi connectivity index (χ1n) is 6.28. The number of carbonyl (C=O) groups is 1. The summed E-state index contributed by atoms with van der Waals surface area (Å²) in [6.07, 6.45) is 0. The number of benzene rings is 3. The van der Waals surface area contributed by atoms with E-state index in [0.29, 0.717) is 11.1 Å². The second-order valence-corrected chi connectivity index (χ2v) is 5.09. The molecule has 0 saturated carbocycles. The first-order chi connectivity index (χ1) is 10.1. The smallest absolute Gasteiger partial charge is 0.335 e. The molecule has 4 heteroatoms. The van der Waals surface area contributed by atoms with E-state index >= 15 is 0 Å². The Bertz CT molecular complexity index is 859. The van der Waals surface area contributed by atoms with E-state index in [9.17, 15) is 9.18 Å². The molecular weight excluding hydrogens is 291 g/mol. The molecule has 0 amide bonds. The van der Waals surface area contributed by atoms with Crippen molar-refractivity contribution in [3.05, 3.63) is 71.0 Å². The highest BCUT2D eigenvalue weighted by atomic mass is 35.5. The van der Waals surface area contributed by atoms with Gasteiger partial charge in [-0.1, -0.05) is 41.9 Å². The van der Waals surface area contributed by atoms with Gasteiger partial charge in [-0.15, -0.1) is 0 Å². The highest BCUT2D eigenvalue weighted by Gasteiger charge is 2.10. The van der Waals surface area contributed by atoms with Crippen LogP contribution in [-0.4, -0.2) is 11.1 Å². The first-order valence-corrected chi connectivity index (χ1v) is 6.65. The molecule has 0 aliphatic rings. The molecule has 0 heterocycles. The van der Waals surface area contributed by atoms with Crippen LogP contribution in [0.15, 0.2) is 54.6 Å². The molecule has 3 aromatic carbocycles. The van der Waals surface area contributed by atoms with Crippen molar-refractivity contribution in [2.24, 2.45) is 0 Å². The van der Waals surface area contributed by atoms with E-state index < -0.39 is 11.8 Å². The SMILES string of the molecule is O=C(O)c1ccc2cc(-c3cccc(Cl)c3F)ccc2c1. The number of rotatable bonds is 2. The van der Waals surface area contributed by atoms with E-state index in [0.717, 1.165) is 10.8 Å². The Balaban J connectivity index is 2.15. The topological polar surface area (TPSA) is 37.3 Å². The van der Waals surface area contributed by atoms with Crippen LogP contribution in [0.2, 0.25) is 5.02 Å². The Labute approximate surface area is 125 Å². The Morgan fingerprint density at radius 1 is 1.00 bits per heavy atom. The number of aromatic carboxylic acids is 1. The zero-order valence-electron chi connectivity index (χ0n) is 10.8. The fourth-order valence-electron chi connectivity index (χ4n) is 2.27. The molecule has 0 spiro atoms. The van der Waals surface area contributed by atoms with Gasteiger partial charge in [0, 0.05) is 5.56 Å². The van der Waals surface area contributed by atoms with Crippen molar-refractivity contribution < 1.29 is 14.3 Å². The highest BCUT2D eigenvalue weighted by Crippen LogP contribution is 2.30. The quantitative estimate of drug-likeness (QED) is 0.723. The lowest BCUT2D eigenvalue weighted by atomic mass is 9.99. The average Bonchev–Trinajstić information content (AvgIpc) is 2.49. The molecule has 3 aromatic rings. The number of hydrogen-bond acceptors (Lipinski definition) is 1. The lowest BCUT2D eigenvalue weighted by molar-refractivity contribution is 0.0697. The number of fused-ring (bicyclic) bond motifs is 1. The molecule has 0 fully saturated rings. The maximum absolute atomic E-state index is 14.0. The van der Waals surface area contributed by atoms with E-state index in [4.69, 9.17) is 16.7 Å². The van der Waals surface area contributed by atoms with Crippen LogP contribution in [0.4, 0.5) is 4.39 Å². The zero-order valence-corrected chi connectivity index (χ0v) is 11.6. The van der Waals surface area contributed by atoms with E-state index in [1.54, 1.807) is 36.4 Å². The lowest BCUT2D eigenvalue weighted by Gasteiger charge is -2.07. The summed E-state index contributed by atoms with van der Waals surface area (Å²) in [5, 5.41) is 10.7. The molecule has 0 aliphatic heterocycles. The van der Waals surface area contributed by atoms with Crippen LogP contribution in [0.1, 0.15) is 10.4 Å². The first kappa shape index (κ1) is 13.6. The molecule has 0 saturated heterocycles. The Kier molecular flexibility index (Phi) is 3.35. The summed E-state index contributed by atoms with van der Waals surface area (Å²) in [7, 11) is 0. The van der Waals surface area contributed by atoms with Crippen LogP contribution in [0, 0.1) is 5.82 Å². The molecule has 0 aromatic heterocycles. The van der Waals surface area contributed by atoms with Crippen molar-refractivity contribution in [1.82, 2.24) is 0 Å². The van der Waals surface area contributed by atoms with Gasteiger partial charge in [0.2, 0.25) is 0 Å². The number of hydrogen-bond donors (Lipinski definition) is 1. The van der Waals surface area contributed by atoms with Crippen molar-refractivity contribution in [1.29, 1.82) is 0 Å². The van der Waals surface area contributed by atoms with Crippen LogP contribution in [0.3, 0.4) is 0 Å². The van der Waals surface area contributed by atoms with Gasteiger partial charge in [-0.25, -0.2) is 9.18 Å². The van der Waals surface area contributed by atoms with Crippen molar-refractivity contribution in [2.45, 2.75) is 0 Å². The molecule has 0 bridgehead atoms. The zero-order chi connectivity index (χ0) is 15.0. The Morgan fingerprint density at radius 2 is 1.71 bits per heavy atom. The van der Waals surface area contributed by atoms with Gasteiger partial charge >= 0.3 is 5.97 Å². The molecule has 104 valence electrons. The van der Waals surface area contributed by atoms with Gasteiger partial charge in [0.1, 0.15) is 5.82 Å². The van der Waals surface area contributed by atoms with Crippen molar-refractivity contribution in [2.75, 3.05) is 0 Å². The third-order valence-corrected chi connectivity index (χ3v) is 3.64. The fraction of sp³-hybridized carbons (Fsp3) is 0. The van der Waals surface area contributed by atoms with E-state index in [2.05, 4.69) is 0 Å². The minimum absolute atomic E-state index is 0.0776. The summed E-state index contributed by atoms with van der Waals surface area (Å²) in [6, 6.07) is 15.0. The van der Waals surface area contributed by atoms with Gasteiger partial charge < -0.3 is 5.11 Å². The molecule has 21 heavy (non-hydrogen) atoms. The van der Waals surface area contributed by atoms with Gasteiger partial charge in [-0.2, -0.15) is 0 Å². The monoisotopic (exact) mass is 300 g/mol. The molecule has 2 nitrogen and oxygen atoms in total. The third kappa shape index (κ3) is 2.48.